The Morgan fingerprint density at radius 3 is 2.67 bits per heavy atom. The SMILES string of the molecule is C=CCNC(=O)[C@@H]1CSCc2c(O)cc(OC)c(C)c2C(=O)OC[C@H](NC(=O)OC(C)(C)C)C(=O)N1. The summed E-state index contributed by atoms with van der Waals surface area (Å²) in [6, 6.07) is -0.937. The average Bonchev–Trinajstić information content (AvgIpc) is 2.79. The number of phenols is 1. The summed E-state index contributed by atoms with van der Waals surface area (Å²) in [6.45, 7) is 9.82. The number of fused-ring (bicyclic) bond motifs is 1. The van der Waals surface area contributed by atoms with E-state index in [-0.39, 0.29) is 35.1 Å². The average molecular weight is 524 g/mol. The predicted octanol–water partition coefficient (Wildman–Crippen LogP) is 1.79. The van der Waals surface area contributed by atoms with Gasteiger partial charge in [0, 0.05) is 35.2 Å². The van der Waals surface area contributed by atoms with Gasteiger partial charge >= 0.3 is 12.1 Å². The predicted molar refractivity (Wildman–Crippen MR) is 134 cm³/mol. The van der Waals surface area contributed by atoms with Gasteiger partial charge in [-0.3, -0.25) is 9.59 Å². The first-order valence-electron chi connectivity index (χ1n) is 11.2. The summed E-state index contributed by atoms with van der Waals surface area (Å²) in [4.78, 5) is 51.2. The number of aromatic hydroxyl groups is 1. The Labute approximate surface area is 214 Å². The molecule has 1 aliphatic heterocycles. The minimum absolute atomic E-state index is 0.0870. The molecule has 0 fully saturated rings. The Balaban J connectivity index is 2.45. The fraction of sp³-hybridized carbons (Fsp3) is 0.500. The number of phenolic OH excluding ortho intramolecular Hbond substituents is 1. The molecule has 0 spiro atoms. The van der Waals surface area contributed by atoms with E-state index in [2.05, 4.69) is 22.5 Å². The molecule has 36 heavy (non-hydrogen) atoms. The molecule has 2 rings (SSSR count). The molecule has 4 N–H and O–H groups in total. The molecule has 198 valence electrons. The molecule has 3 amide bonds. The van der Waals surface area contributed by atoms with E-state index in [1.165, 1.54) is 31.0 Å². The number of thioether (sulfide) groups is 1. The van der Waals surface area contributed by atoms with Crippen LogP contribution in [0.1, 0.15) is 42.3 Å². The second-order valence-electron chi connectivity index (χ2n) is 8.98. The topological polar surface area (TPSA) is 152 Å². The molecule has 1 aliphatic rings. The molecule has 0 aromatic heterocycles. The summed E-state index contributed by atoms with van der Waals surface area (Å²) >= 11 is 1.22. The summed E-state index contributed by atoms with van der Waals surface area (Å²) in [5, 5.41) is 18.2. The Morgan fingerprint density at radius 1 is 1.36 bits per heavy atom. The highest BCUT2D eigenvalue weighted by Gasteiger charge is 2.32. The zero-order valence-corrected chi connectivity index (χ0v) is 21.9. The molecule has 0 saturated heterocycles. The maximum Gasteiger partial charge on any atom is 0.408 e. The highest BCUT2D eigenvalue weighted by Crippen LogP contribution is 2.35. The molecule has 0 radical (unpaired) electrons. The lowest BCUT2D eigenvalue weighted by Gasteiger charge is -2.26. The van der Waals surface area contributed by atoms with Crippen LogP contribution in [0.4, 0.5) is 4.79 Å². The Bertz CT molecular complexity index is 1020. The number of hydrogen-bond acceptors (Lipinski definition) is 9. The first-order chi connectivity index (χ1) is 16.9. The highest BCUT2D eigenvalue weighted by atomic mass is 32.2. The number of hydrogen-bond donors (Lipinski definition) is 4. The number of alkyl carbamates (subject to hydrolysis) is 1. The van der Waals surface area contributed by atoms with Crippen LogP contribution in [0.25, 0.3) is 0 Å². The largest absolute Gasteiger partial charge is 0.507 e. The van der Waals surface area contributed by atoms with E-state index in [0.29, 0.717) is 11.1 Å². The number of cyclic esters (lactones) is 1. The van der Waals surface area contributed by atoms with Crippen molar-refractivity contribution in [3.8, 4) is 11.5 Å². The lowest BCUT2D eigenvalue weighted by molar-refractivity contribution is -0.130. The molecular formula is C24H33N3O8S. The van der Waals surface area contributed by atoms with Crippen molar-refractivity contribution in [1.29, 1.82) is 0 Å². The molecule has 11 nitrogen and oxygen atoms in total. The van der Waals surface area contributed by atoms with Crippen molar-refractivity contribution in [2.45, 2.75) is 51.1 Å². The van der Waals surface area contributed by atoms with Crippen molar-refractivity contribution in [2.75, 3.05) is 26.0 Å². The van der Waals surface area contributed by atoms with Gasteiger partial charge in [-0.25, -0.2) is 9.59 Å². The Hall–Kier alpha value is -3.41. The molecule has 1 aromatic rings. The molecule has 1 heterocycles. The summed E-state index contributed by atoms with van der Waals surface area (Å²) in [6.07, 6.45) is 0.600. The van der Waals surface area contributed by atoms with Gasteiger partial charge in [0.1, 0.15) is 35.8 Å². The smallest absolute Gasteiger partial charge is 0.408 e. The van der Waals surface area contributed by atoms with Crippen molar-refractivity contribution in [1.82, 2.24) is 16.0 Å². The molecule has 1 aromatic carbocycles. The zero-order chi connectivity index (χ0) is 27.0. The maximum absolute atomic E-state index is 13.1. The van der Waals surface area contributed by atoms with Gasteiger partial charge < -0.3 is 35.3 Å². The van der Waals surface area contributed by atoms with Gasteiger partial charge in [-0.1, -0.05) is 6.08 Å². The molecule has 0 aliphatic carbocycles. The molecule has 0 unspecified atom stereocenters. The van der Waals surface area contributed by atoms with Crippen LogP contribution in [0.15, 0.2) is 18.7 Å². The van der Waals surface area contributed by atoms with Crippen molar-refractivity contribution in [3.05, 3.63) is 35.4 Å². The number of carbonyl (C=O) groups is 4. The van der Waals surface area contributed by atoms with Crippen molar-refractivity contribution in [2.24, 2.45) is 0 Å². The molecular weight excluding hydrogens is 490 g/mol. The summed E-state index contributed by atoms with van der Waals surface area (Å²) in [5.74, 6) is -1.62. The highest BCUT2D eigenvalue weighted by molar-refractivity contribution is 7.98. The van der Waals surface area contributed by atoms with Crippen LogP contribution in [0.5, 0.6) is 11.5 Å². The molecule has 0 saturated carbocycles. The van der Waals surface area contributed by atoms with E-state index in [4.69, 9.17) is 14.2 Å². The number of amides is 3. The van der Waals surface area contributed by atoms with Crippen LogP contribution in [0, 0.1) is 6.92 Å². The number of rotatable bonds is 5. The van der Waals surface area contributed by atoms with Crippen LogP contribution in [0.3, 0.4) is 0 Å². The second kappa shape index (κ2) is 12.5. The van der Waals surface area contributed by atoms with Gasteiger partial charge in [-0.2, -0.15) is 11.8 Å². The van der Waals surface area contributed by atoms with Gasteiger partial charge in [0.2, 0.25) is 11.8 Å². The fourth-order valence-corrected chi connectivity index (χ4v) is 4.41. The quantitative estimate of drug-likeness (QED) is 0.334. The van der Waals surface area contributed by atoms with E-state index in [0.717, 1.165) is 0 Å². The van der Waals surface area contributed by atoms with Gasteiger partial charge in [0.25, 0.3) is 0 Å². The fourth-order valence-electron chi connectivity index (χ4n) is 3.33. The van der Waals surface area contributed by atoms with Gasteiger partial charge in [0.05, 0.1) is 12.7 Å². The van der Waals surface area contributed by atoms with E-state index < -0.39 is 48.2 Å². The normalized spacial score (nSPS) is 18.8. The van der Waals surface area contributed by atoms with Crippen molar-refractivity contribution in [3.63, 3.8) is 0 Å². The number of nitrogens with one attached hydrogen (secondary N) is 3. The Morgan fingerprint density at radius 2 is 2.06 bits per heavy atom. The second-order valence-corrected chi connectivity index (χ2v) is 10.0. The maximum atomic E-state index is 13.1. The van der Waals surface area contributed by atoms with Crippen molar-refractivity contribution >= 4 is 35.6 Å². The van der Waals surface area contributed by atoms with Crippen LogP contribution in [-0.4, -0.2) is 72.7 Å². The summed E-state index contributed by atoms with van der Waals surface area (Å²) in [5.41, 5.74) is -0.00768. The number of methoxy groups -OCH3 is 1. The monoisotopic (exact) mass is 523 g/mol. The van der Waals surface area contributed by atoms with Crippen LogP contribution in [-0.2, 0) is 24.8 Å². The minimum Gasteiger partial charge on any atom is -0.507 e. The number of ether oxygens (including phenoxy) is 3. The Kier molecular flexibility index (Phi) is 10.0. The van der Waals surface area contributed by atoms with Crippen LogP contribution < -0.4 is 20.7 Å². The lowest BCUT2D eigenvalue weighted by Crippen LogP contribution is -2.56. The van der Waals surface area contributed by atoms with E-state index in [1.807, 2.05) is 0 Å². The third-order valence-corrected chi connectivity index (χ3v) is 6.08. The van der Waals surface area contributed by atoms with Crippen molar-refractivity contribution < 1.29 is 38.5 Å². The standard InChI is InChI=1S/C24H33N3O8S/c1-7-8-25-20(29)16-12-36-11-14-17(28)9-18(33-6)13(2)19(14)22(31)34-10-15(21(30)26-16)27-23(32)35-24(3,4)5/h7,9,15-16,28H,1,8,10-12H2,2-6H3,(H,25,29)(H,26,30)(H,27,32)/t15-,16-/m0/s1. The number of benzene rings is 1. The summed E-state index contributed by atoms with van der Waals surface area (Å²) in [7, 11) is 1.40. The van der Waals surface area contributed by atoms with E-state index in [1.54, 1.807) is 27.7 Å². The van der Waals surface area contributed by atoms with E-state index in [9.17, 15) is 24.3 Å². The first kappa shape index (κ1) is 28.8. The molecule has 12 heteroatoms. The lowest BCUT2D eigenvalue weighted by atomic mass is 10.0. The summed E-state index contributed by atoms with van der Waals surface area (Å²) < 4.78 is 15.9. The third kappa shape index (κ3) is 7.80. The van der Waals surface area contributed by atoms with Gasteiger partial charge in [-0.15, -0.1) is 6.58 Å². The van der Waals surface area contributed by atoms with Crippen LogP contribution in [0.2, 0.25) is 0 Å². The first-order valence-corrected chi connectivity index (χ1v) is 12.4. The van der Waals surface area contributed by atoms with Gasteiger partial charge in [-0.05, 0) is 27.7 Å². The third-order valence-electron chi connectivity index (χ3n) is 5.02. The number of esters is 1. The molecule has 0 bridgehead atoms. The van der Waals surface area contributed by atoms with Crippen LogP contribution >= 0.6 is 11.8 Å². The zero-order valence-electron chi connectivity index (χ0n) is 21.1. The minimum atomic E-state index is -1.36. The number of carbonyl (C=O) groups excluding carboxylic acids is 4. The van der Waals surface area contributed by atoms with E-state index >= 15 is 0 Å². The van der Waals surface area contributed by atoms with Gasteiger partial charge in [0.15, 0.2) is 0 Å². The molecule has 2 atom stereocenters.